The molecule has 174 valence electrons. The fourth-order valence-corrected chi connectivity index (χ4v) is 5.34. The Labute approximate surface area is 198 Å². The number of piperidine rings is 1. The van der Waals surface area contributed by atoms with Crippen LogP contribution in [-0.4, -0.2) is 67.5 Å². The van der Waals surface area contributed by atoms with E-state index in [9.17, 15) is 9.59 Å². The van der Waals surface area contributed by atoms with Gasteiger partial charge in [-0.05, 0) is 49.1 Å². The molecule has 8 nitrogen and oxygen atoms in total. The Morgan fingerprint density at radius 2 is 2.00 bits per heavy atom. The van der Waals surface area contributed by atoms with E-state index in [-0.39, 0.29) is 17.9 Å². The lowest BCUT2D eigenvalue weighted by molar-refractivity contribution is -0.118. The largest absolute Gasteiger partial charge is 0.368 e. The molecule has 1 aromatic heterocycles. The van der Waals surface area contributed by atoms with E-state index in [1.165, 1.54) is 0 Å². The molecule has 2 saturated heterocycles. The van der Waals surface area contributed by atoms with Gasteiger partial charge >= 0.3 is 0 Å². The molecule has 1 aromatic carbocycles. The predicted molar refractivity (Wildman–Crippen MR) is 130 cm³/mol. The highest BCUT2D eigenvalue weighted by molar-refractivity contribution is 6.33. The molecule has 0 spiro atoms. The van der Waals surface area contributed by atoms with Crippen molar-refractivity contribution in [1.29, 1.82) is 0 Å². The number of amides is 2. The summed E-state index contributed by atoms with van der Waals surface area (Å²) in [5.41, 5.74) is 3.45. The van der Waals surface area contributed by atoms with Gasteiger partial charge in [0.15, 0.2) is 5.82 Å². The van der Waals surface area contributed by atoms with Gasteiger partial charge in [0.25, 0.3) is 5.91 Å². The normalized spacial score (nSPS) is 20.7. The molecule has 4 heterocycles. The minimum absolute atomic E-state index is 0.0741. The van der Waals surface area contributed by atoms with Crippen molar-refractivity contribution in [3.8, 4) is 0 Å². The van der Waals surface area contributed by atoms with Crippen LogP contribution in [0.15, 0.2) is 30.5 Å². The number of aromatic nitrogens is 1. The maximum atomic E-state index is 12.5. The van der Waals surface area contributed by atoms with Crippen molar-refractivity contribution in [2.45, 2.75) is 31.8 Å². The van der Waals surface area contributed by atoms with E-state index >= 15 is 0 Å². The lowest BCUT2D eigenvalue weighted by Crippen LogP contribution is -2.51. The molecule has 2 amide bonds. The van der Waals surface area contributed by atoms with Gasteiger partial charge in [0.05, 0.1) is 16.4 Å². The van der Waals surface area contributed by atoms with Gasteiger partial charge in [-0.2, -0.15) is 0 Å². The summed E-state index contributed by atoms with van der Waals surface area (Å²) in [5.74, 6) is 0.857. The fourth-order valence-electron chi connectivity index (χ4n) is 5.04. The number of pyridine rings is 1. The Balaban J connectivity index is 1.22. The van der Waals surface area contributed by atoms with Gasteiger partial charge < -0.3 is 20.4 Å². The Bertz CT molecular complexity index is 1070. The zero-order valence-electron chi connectivity index (χ0n) is 18.8. The number of halogens is 1. The first-order valence-electron chi connectivity index (χ1n) is 11.6. The molecule has 0 aliphatic carbocycles. The number of piperazine rings is 1. The van der Waals surface area contributed by atoms with Crippen LogP contribution in [0.5, 0.6) is 0 Å². The first-order valence-corrected chi connectivity index (χ1v) is 12.0. The van der Waals surface area contributed by atoms with E-state index in [1.54, 1.807) is 13.1 Å². The number of anilines is 3. The summed E-state index contributed by atoms with van der Waals surface area (Å²) in [5, 5.41) is 6.29. The number of rotatable bonds is 4. The van der Waals surface area contributed by atoms with E-state index < -0.39 is 0 Å². The smallest absolute Gasteiger partial charge is 0.251 e. The molecule has 0 saturated carbocycles. The van der Waals surface area contributed by atoms with Gasteiger partial charge in [0.2, 0.25) is 5.91 Å². The van der Waals surface area contributed by atoms with E-state index in [2.05, 4.69) is 31.4 Å². The molecule has 9 heteroatoms. The highest BCUT2D eigenvalue weighted by Gasteiger charge is 2.35. The summed E-state index contributed by atoms with van der Waals surface area (Å²) in [6.07, 6.45) is 5.05. The van der Waals surface area contributed by atoms with Crippen LogP contribution >= 0.6 is 11.6 Å². The predicted octanol–water partition coefficient (Wildman–Crippen LogP) is 2.73. The summed E-state index contributed by atoms with van der Waals surface area (Å²) in [6, 6.07) is 7.46. The van der Waals surface area contributed by atoms with Crippen molar-refractivity contribution in [2.75, 3.05) is 54.9 Å². The van der Waals surface area contributed by atoms with Crippen LogP contribution in [0.3, 0.4) is 0 Å². The van der Waals surface area contributed by atoms with Crippen LogP contribution in [-0.2, 0) is 11.3 Å². The molecule has 3 aliphatic rings. The van der Waals surface area contributed by atoms with Crippen molar-refractivity contribution < 1.29 is 9.59 Å². The van der Waals surface area contributed by atoms with Crippen LogP contribution in [0.2, 0.25) is 5.02 Å². The van der Waals surface area contributed by atoms with Crippen LogP contribution in [0, 0.1) is 0 Å². The second kappa shape index (κ2) is 9.19. The third kappa shape index (κ3) is 4.37. The number of benzene rings is 1. The van der Waals surface area contributed by atoms with Gasteiger partial charge in [-0.15, -0.1) is 0 Å². The van der Waals surface area contributed by atoms with E-state index in [1.807, 2.05) is 18.3 Å². The molecule has 2 N–H and O–H groups in total. The average molecular weight is 469 g/mol. The molecule has 5 rings (SSSR count). The van der Waals surface area contributed by atoms with E-state index in [0.717, 1.165) is 81.3 Å². The highest BCUT2D eigenvalue weighted by atomic mass is 35.5. The average Bonchev–Trinajstić information content (AvgIpc) is 2.84. The maximum Gasteiger partial charge on any atom is 0.251 e. The summed E-state index contributed by atoms with van der Waals surface area (Å²) >= 11 is 6.48. The number of hydrogen-bond donors (Lipinski definition) is 2. The summed E-state index contributed by atoms with van der Waals surface area (Å²) in [4.78, 5) is 35.9. The molecule has 1 atom stereocenters. The number of carbonyl (C=O) groups is 2. The van der Waals surface area contributed by atoms with E-state index in [0.29, 0.717) is 10.6 Å². The number of fused-ring (bicyclic) bond motifs is 3. The van der Waals surface area contributed by atoms with Gasteiger partial charge in [-0.3, -0.25) is 14.5 Å². The Hall–Kier alpha value is -2.84. The summed E-state index contributed by atoms with van der Waals surface area (Å²) in [7, 11) is 1.61. The number of nitrogens with zero attached hydrogens (tertiary/aromatic N) is 4. The van der Waals surface area contributed by atoms with Crippen LogP contribution in [0.4, 0.5) is 17.2 Å². The zero-order valence-corrected chi connectivity index (χ0v) is 19.6. The monoisotopic (exact) mass is 468 g/mol. The molecule has 0 unspecified atom stereocenters. The van der Waals surface area contributed by atoms with Gasteiger partial charge in [-0.1, -0.05) is 11.6 Å². The summed E-state index contributed by atoms with van der Waals surface area (Å²) < 4.78 is 0. The number of carbonyl (C=O) groups excluding carboxylic acids is 2. The quantitative estimate of drug-likeness (QED) is 0.718. The number of hydrogen-bond acceptors (Lipinski definition) is 6. The lowest BCUT2D eigenvalue weighted by Gasteiger charge is -2.40. The molecule has 33 heavy (non-hydrogen) atoms. The first kappa shape index (κ1) is 22.0. The molecule has 2 fully saturated rings. The Morgan fingerprint density at radius 1 is 1.18 bits per heavy atom. The zero-order chi connectivity index (χ0) is 22.9. The lowest BCUT2D eigenvalue weighted by atomic mass is 9.99. The first-order chi connectivity index (χ1) is 16.0. The van der Waals surface area contributed by atoms with Crippen molar-refractivity contribution in [3.05, 3.63) is 46.6 Å². The Morgan fingerprint density at radius 3 is 2.76 bits per heavy atom. The fraction of sp³-hybridized carbons (Fsp3) is 0.458. The van der Waals surface area contributed by atoms with Crippen molar-refractivity contribution >= 4 is 40.6 Å². The van der Waals surface area contributed by atoms with Gasteiger partial charge in [0.1, 0.15) is 6.04 Å². The molecular formula is C24H29ClN6O2. The second-order valence-corrected chi connectivity index (χ2v) is 9.32. The van der Waals surface area contributed by atoms with Gasteiger partial charge in [0, 0.05) is 58.1 Å². The minimum atomic E-state index is -0.140. The second-order valence-electron chi connectivity index (χ2n) is 8.92. The van der Waals surface area contributed by atoms with E-state index in [4.69, 9.17) is 16.6 Å². The molecular weight excluding hydrogens is 440 g/mol. The van der Waals surface area contributed by atoms with Gasteiger partial charge in [-0.25, -0.2) is 4.98 Å². The highest BCUT2D eigenvalue weighted by Crippen LogP contribution is 2.35. The minimum Gasteiger partial charge on any atom is -0.368 e. The van der Waals surface area contributed by atoms with Crippen molar-refractivity contribution in [1.82, 2.24) is 15.2 Å². The molecule has 0 bridgehead atoms. The topological polar surface area (TPSA) is 80.8 Å². The van der Waals surface area contributed by atoms with Crippen LogP contribution in [0.25, 0.3) is 0 Å². The van der Waals surface area contributed by atoms with Crippen molar-refractivity contribution in [2.24, 2.45) is 0 Å². The van der Waals surface area contributed by atoms with Crippen molar-refractivity contribution in [3.63, 3.8) is 0 Å². The number of nitrogens with one attached hydrogen (secondary N) is 2. The molecule has 3 aliphatic heterocycles. The van der Waals surface area contributed by atoms with Crippen LogP contribution in [0.1, 0.15) is 35.2 Å². The SMILES string of the molecule is CNC(=O)c1ccc(N2CCN(Cc3cnc4c(c3)NC(=O)[C@@H]3CCCCN43)CC2)c(Cl)c1. The summed E-state index contributed by atoms with van der Waals surface area (Å²) in [6.45, 7) is 5.17. The third-order valence-electron chi connectivity index (χ3n) is 6.81. The molecule has 2 aromatic rings. The maximum absolute atomic E-state index is 12.5. The molecule has 0 radical (unpaired) electrons. The third-order valence-corrected chi connectivity index (χ3v) is 7.12. The standard InChI is InChI=1S/C24H29ClN6O2/c1-26-23(32)17-5-6-20(18(25)13-17)30-10-8-29(9-11-30)15-16-12-19-22(27-14-16)31-7-3-2-4-21(31)24(33)28-19/h5-6,12-14,21H,2-4,7-11,15H2,1H3,(H,26,32)(H,28,33)/t21-/m0/s1. The Kier molecular flexibility index (Phi) is 6.12. The van der Waals surface area contributed by atoms with Crippen LogP contribution < -0.4 is 20.4 Å².